The van der Waals surface area contributed by atoms with E-state index >= 15 is 0 Å². The van der Waals surface area contributed by atoms with E-state index in [2.05, 4.69) is 67.6 Å². The minimum absolute atomic E-state index is 0. The summed E-state index contributed by atoms with van der Waals surface area (Å²) < 4.78 is 2.35. The van der Waals surface area contributed by atoms with Crippen LogP contribution in [0.25, 0.3) is 0 Å². The van der Waals surface area contributed by atoms with Crippen molar-refractivity contribution in [2.75, 3.05) is 31.1 Å². The highest BCUT2D eigenvalue weighted by molar-refractivity contribution is 14.0. The molecule has 1 unspecified atom stereocenters. The van der Waals surface area contributed by atoms with Gasteiger partial charge in [0.1, 0.15) is 11.6 Å². The summed E-state index contributed by atoms with van der Waals surface area (Å²) in [4.78, 5) is 7.33. The van der Waals surface area contributed by atoms with Crippen LogP contribution < -0.4 is 15.5 Å². The van der Waals surface area contributed by atoms with Crippen LogP contribution in [0.4, 0.5) is 5.69 Å². The molecule has 0 saturated carbocycles. The molecule has 2 aliphatic heterocycles. The first-order chi connectivity index (χ1) is 15.3. The molecule has 0 bridgehead atoms. The van der Waals surface area contributed by atoms with Crippen LogP contribution in [0.1, 0.15) is 57.1 Å². The van der Waals surface area contributed by atoms with Gasteiger partial charge in [0.15, 0.2) is 5.96 Å². The molecule has 1 aromatic carbocycles. The molecule has 2 aliphatic rings. The monoisotopic (exact) mass is 551 g/mol. The predicted octanol–water partition coefficient (Wildman–Crippen LogP) is 3.78. The zero-order valence-electron chi connectivity index (χ0n) is 19.3. The van der Waals surface area contributed by atoms with E-state index in [4.69, 9.17) is 4.99 Å². The molecule has 1 fully saturated rings. The standard InChI is InChI=1S/C24H37N7.HI/c1-2-25-24(27-20-11-10-17-30(19-20)21-12-5-3-6-13-21)26-16-9-15-23-29-28-22-14-7-4-8-18-31(22)23;/h3,5-6,12-13,20H,2,4,7-11,14-19H2,1H3,(H2,25,26,27);1H. The fourth-order valence-corrected chi connectivity index (χ4v) is 4.64. The van der Waals surface area contributed by atoms with Crippen molar-refractivity contribution in [3.05, 3.63) is 42.0 Å². The number of nitrogens with zero attached hydrogens (tertiary/aromatic N) is 5. The fraction of sp³-hybridized carbons (Fsp3) is 0.625. The zero-order chi connectivity index (χ0) is 21.3. The molecule has 32 heavy (non-hydrogen) atoms. The van der Waals surface area contributed by atoms with Crippen LogP contribution in [0.15, 0.2) is 35.3 Å². The lowest BCUT2D eigenvalue weighted by Gasteiger charge is -2.35. The highest BCUT2D eigenvalue weighted by Gasteiger charge is 2.21. The third kappa shape index (κ3) is 6.83. The molecule has 4 rings (SSSR count). The van der Waals surface area contributed by atoms with Gasteiger partial charge < -0.3 is 20.1 Å². The van der Waals surface area contributed by atoms with Crippen molar-refractivity contribution in [1.29, 1.82) is 0 Å². The Labute approximate surface area is 209 Å². The minimum Gasteiger partial charge on any atom is -0.369 e. The number of halogens is 1. The number of guanidine groups is 1. The van der Waals surface area contributed by atoms with Gasteiger partial charge in [-0.2, -0.15) is 0 Å². The lowest BCUT2D eigenvalue weighted by Crippen LogP contribution is -2.51. The average Bonchev–Trinajstić information content (AvgIpc) is 3.03. The summed E-state index contributed by atoms with van der Waals surface area (Å²) in [7, 11) is 0. The molecule has 1 aromatic heterocycles. The molecule has 0 spiro atoms. The quantitative estimate of drug-likeness (QED) is 0.237. The number of para-hydroxylation sites is 1. The SMILES string of the molecule is CCNC(=NCCCc1nnc2n1CCCCC2)NC1CCCN(c2ccccc2)C1.I. The number of hydrogen-bond donors (Lipinski definition) is 2. The van der Waals surface area contributed by atoms with E-state index in [0.29, 0.717) is 6.04 Å². The van der Waals surface area contributed by atoms with E-state index in [1.54, 1.807) is 0 Å². The first kappa shape index (κ1) is 24.8. The molecule has 2 aromatic rings. The van der Waals surface area contributed by atoms with Crippen LogP contribution in [0.5, 0.6) is 0 Å². The topological polar surface area (TPSA) is 70.4 Å². The maximum Gasteiger partial charge on any atom is 0.191 e. The maximum atomic E-state index is 4.85. The second kappa shape index (κ2) is 13.0. The molecule has 0 radical (unpaired) electrons. The number of aryl methyl sites for hydroxylation is 2. The maximum absolute atomic E-state index is 4.85. The van der Waals surface area contributed by atoms with Crippen molar-refractivity contribution in [2.45, 2.75) is 70.9 Å². The Hall–Kier alpha value is -1.84. The zero-order valence-corrected chi connectivity index (χ0v) is 21.6. The molecule has 1 atom stereocenters. The summed E-state index contributed by atoms with van der Waals surface area (Å²) in [5.41, 5.74) is 1.31. The molecule has 1 saturated heterocycles. The third-order valence-corrected chi connectivity index (χ3v) is 6.24. The van der Waals surface area contributed by atoms with E-state index < -0.39 is 0 Å². The highest BCUT2D eigenvalue weighted by Crippen LogP contribution is 2.19. The molecule has 7 nitrogen and oxygen atoms in total. The van der Waals surface area contributed by atoms with Gasteiger partial charge in [0.05, 0.1) is 0 Å². The van der Waals surface area contributed by atoms with E-state index in [9.17, 15) is 0 Å². The van der Waals surface area contributed by atoms with Crippen molar-refractivity contribution in [2.24, 2.45) is 4.99 Å². The molecule has 0 aliphatic carbocycles. The molecular weight excluding hydrogens is 513 g/mol. The Bertz CT molecular complexity index is 836. The highest BCUT2D eigenvalue weighted by atomic mass is 127. The lowest BCUT2D eigenvalue weighted by atomic mass is 10.1. The number of benzene rings is 1. The van der Waals surface area contributed by atoms with Crippen molar-refractivity contribution < 1.29 is 0 Å². The molecule has 0 amide bonds. The van der Waals surface area contributed by atoms with Crippen LogP contribution in [-0.2, 0) is 19.4 Å². The van der Waals surface area contributed by atoms with E-state index in [-0.39, 0.29) is 24.0 Å². The Morgan fingerprint density at radius 2 is 1.97 bits per heavy atom. The fourth-order valence-electron chi connectivity index (χ4n) is 4.64. The first-order valence-corrected chi connectivity index (χ1v) is 12.1. The lowest BCUT2D eigenvalue weighted by molar-refractivity contribution is 0.468. The van der Waals surface area contributed by atoms with Crippen LogP contribution in [0.2, 0.25) is 0 Å². The molecule has 8 heteroatoms. The van der Waals surface area contributed by atoms with Crippen molar-refractivity contribution in [3.8, 4) is 0 Å². The number of fused-ring (bicyclic) bond motifs is 1. The summed E-state index contributed by atoms with van der Waals surface area (Å²) in [5, 5.41) is 16.0. The summed E-state index contributed by atoms with van der Waals surface area (Å²) >= 11 is 0. The third-order valence-electron chi connectivity index (χ3n) is 6.24. The van der Waals surface area contributed by atoms with Crippen LogP contribution >= 0.6 is 24.0 Å². The molecule has 176 valence electrons. The summed E-state index contributed by atoms with van der Waals surface area (Å²) in [6.07, 6.45) is 9.17. The summed E-state index contributed by atoms with van der Waals surface area (Å²) in [5.74, 6) is 3.24. The number of piperidine rings is 1. The van der Waals surface area contributed by atoms with Crippen LogP contribution in [-0.4, -0.2) is 52.9 Å². The smallest absolute Gasteiger partial charge is 0.191 e. The van der Waals surface area contributed by atoms with Gasteiger partial charge in [0, 0.05) is 57.3 Å². The minimum atomic E-state index is 0. The molecular formula is C24H38IN7. The van der Waals surface area contributed by atoms with Crippen molar-refractivity contribution in [1.82, 2.24) is 25.4 Å². The number of rotatable bonds is 7. The Morgan fingerprint density at radius 1 is 1.09 bits per heavy atom. The predicted molar refractivity (Wildman–Crippen MR) is 142 cm³/mol. The molecule has 3 heterocycles. The Balaban J connectivity index is 0.00000289. The Morgan fingerprint density at radius 3 is 2.81 bits per heavy atom. The Kier molecular flexibility index (Phi) is 10.1. The normalized spacial score (nSPS) is 19.0. The van der Waals surface area contributed by atoms with Gasteiger partial charge in [-0.05, 0) is 51.2 Å². The van der Waals surface area contributed by atoms with Gasteiger partial charge in [-0.25, -0.2) is 0 Å². The summed E-state index contributed by atoms with van der Waals surface area (Å²) in [6, 6.07) is 11.1. The van der Waals surface area contributed by atoms with E-state index in [1.807, 2.05) is 0 Å². The average molecular weight is 552 g/mol. The van der Waals surface area contributed by atoms with Gasteiger partial charge in [-0.3, -0.25) is 4.99 Å². The van der Waals surface area contributed by atoms with E-state index in [1.165, 1.54) is 43.6 Å². The second-order valence-electron chi connectivity index (χ2n) is 8.62. The largest absolute Gasteiger partial charge is 0.369 e. The van der Waals surface area contributed by atoms with Gasteiger partial charge in [-0.1, -0.05) is 24.6 Å². The number of hydrogen-bond acceptors (Lipinski definition) is 4. The molecule has 2 N–H and O–H groups in total. The second-order valence-corrected chi connectivity index (χ2v) is 8.62. The van der Waals surface area contributed by atoms with Gasteiger partial charge in [0.25, 0.3) is 0 Å². The van der Waals surface area contributed by atoms with Gasteiger partial charge in [-0.15, -0.1) is 34.2 Å². The summed E-state index contributed by atoms with van der Waals surface area (Å²) in [6.45, 7) is 7.01. The van der Waals surface area contributed by atoms with E-state index in [0.717, 1.165) is 63.8 Å². The van der Waals surface area contributed by atoms with Gasteiger partial charge >= 0.3 is 0 Å². The number of aliphatic imine (C=N–C) groups is 1. The van der Waals surface area contributed by atoms with Crippen LogP contribution in [0, 0.1) is 0 Å². The number of nitrogens with one attached hydrogen (secondary N) is 2. The van der Waals surface area contributed by atoms with Crippen molar-refractivity contribution in [3.63, 3.8) is 0 Å². The van der Waals surface area contributed by atoms with Crippen molar-refractivity contribution >= 4 is 35.6 Å². The van der Waals surface area contributed by atoms with Crippen LogP contribution in [0.3, 0.4) is 0 Å². The first-order valence-electron chi connectivity index (χ1n) is 12.1. The number of anilines is 1. The van der Waals surface area contributed by atoms with Gasteiger partial charge in [0.2, 0.25) is 0 Å². The number of aromatic nitrogens is 3.